The van der Waals surface area contributed by atoms with E-state index in [9.17, 15) is 9.18 Å². The molecule has 120 valence electrons. The van der Waals surface area contributed by atoms with Gasteiger partial charge in [-0.3, -0.25) is 0 Å². The molecular weight excluding hydrogens is 319 g/mol. The topological polar surface area (TPSA) is 50.4 Å². The smallest absolute Gasteiger partial charge is 0.323 e. The van der Waals surface area contributed by atoms with E-state index in [0.29, 0.717) is 22.0 Å². The summed E-state index contributed by atoms with van der Waals surface area (Å²) in [7, 11) is 1.49. The Hall–Kier alpha value is -2.53. The molecule has 0 aliphatic carbocycles. The molecule has 23 heavy (non-hydrogen) atoms. The second-order valence-electron chi connectivity index (χ2n) is 4.79. The predicted octanol–water partition coefficient (Wildman–Crippen LogP) is 4.59. The van der Waals surface area contributed by atoms with Gasteiger partial charge in [0.1, 0.15) is 11.6 Å². The highest BCUT2D eigenvalue weighted by molar-refractivity contribution is 6.31. The van der Waals surface area contributed by atoms with Gasteiger partial charge in [-0.15, -0.1) is 0 Å². The third kappa shape index (κ3) is 4.72. The van der Waals surface area contributed by atoms with Gasteiger partial charge in [-0.25, -0.2) is 9.18 Å². The molecule has 0 atom stereocenters. The molecule has 0 fully saturated rings. The minimum atomic E-state index is -0.447. The maximum absolute atomic E-state index is 13.0. The number of rotatable bonds is 4. The SMILES string of the molecule is COc1cc(Cl)c(C)cc1NC(=O)N/C=C/c1cccc(F)c1. The molecular formula is C17H16ClFN2O2. The maximum atomic E-state index is 13.0. The van der Waals surface area contributed by atoms with Crippen molar-refractivity contribution in [2.45, 2.75) is 6.92 Å². The van der Waals surface area contributed by atoms with Crippen LogP contribution in [0.5, 0.6) is 5.75 Å². The van der Waals surface area contributed by atoms with Crippen LogP contribution in [0.1, 0.15) is 11.1 Å². The zero-order valence-corrected chi connectivity index (χ0v) is 13.4. The van der Waals surface area contributed by atoms with Crippen LogP contribution in [-0.4, -0.2) is 13.1 Å². The summed E-state index contributed by atoms with van der Waals surface area (Å²) in [6.45, 7) is 1.83. The summed E-state index contributed by atoms with van der Waals surface area (Å²) in [5.74, 6) is 0.128. The molecule has 2 rings (SSSR count). The van der Waals surface area contributed by atoms with Crippen LogP contribution in [0.25, 0.3) is 6.08 Å². The van der Waals surface area contributed by atoms with Crippen molar-refractivity contribution in [3.8, 4) is 5.75 Å². The number of aryl methyl sites for hydroxylation is 1. The summed E-state index contributed by atoms with van der Waals surface area (Å²) >= 11 is 6.02. The molecule has 4 nitrogen and oxygen atoms in total. The van der Waals surface area contributed by atoms with Crippen LogP contribution in [0.2, 0.25) is 5.02 Å². The first kappa shape index (κ1) is 16.8. The lowest BCUT2D eigenvalue weighted by molar-refractivity contribution is 0.255. The molecule has 0 aliphatic rings. The van der Waals surface area contributed by atoms with Gasteiger partial charge in [0.2, 0.25) is 0 Å². The standard InChI is InChI=1S/C17H16ClFN2O2/c1-11-8-15(16(23-2)10-14(11)18)21-17(22)20-7-6-12-4-3-5-13(19)9-12/h3-10H,1-2H3,(H2,20,21,22)/b7-6+. The monoisotopic (exact) mass is 334 g/mol. The molecule has 0 spiro atoms. The number of amides is 2. The lowest BCUT2D eigenvalue weighted by atomic mass is 10.2. The van der Waals surface area contributed by atoms with E-state index in [0.717, 1.165) is 5.56 Å². The molecule has 6 heteroatoms. The number of urea groups is 1. The molecule has 2 amide bonds. The van der Waals surface area contributed by atoms with Crippen molar-refractivity contribution in [2.75, 3.05) is 12.4 Å². The van der Waals surface area contributed by atoms with E-state index < -0.39 is 6.03 Å². The van der Waals surface area contributed by atoms with Crippen molar-refractivity contribution in [3.05, 3.63) is 64.6 Å². The average Bonchev–Trinajstić information content (AvgIpc) is 2.50. The molecule has 0 saturated carbocycles. The van der Waals surface area contributed by atoms with Crippen molar-refractivity contribution < 1.29 is 13.9 Å². The van der Waals surface area contributed by atoms with Crippen LogP contribution in [0, 0.1) is 12.7 Å². The lowest BCUT2D eigenvalue weighted by Crippen LogP contribution is -2.24. The van der Waals surface area contributed by atoms with E-state index >= 15 is 0 Å². The van der Waals surface area contributed by atoms with Crippen LogP contribution < -0.4 is 15.4 Å². The number of halogens is 2. The van der Waals surface area contributed by atoms with Gasteiger partial charge in [-0.1, -0.05) is 23.7 Å². The van der Waals surface area contributed by atoms with Crippen molar-refractivity contribution >= 4 is 29.4 Å². The maximum Gasteiger partial charge on any atom is 0.323 e. The van der Waals surface area contributed by atoms with Gasteiger partial charge in [0.05, 0.1) is 12.8 Å². The van der Waals surface area contributed by atoms with Crippen molar-refractivity contribution in [1.82, 2.24) is 5.32 Å². The van der Waals surface area contributed by atoms with E-state index in [1.807, 2.05) is 6.92 Å². The van der Waals surface area contributed by atoms with E-state index in [4.69, 9.17) is 16.3 Å². The Morgan fingerprint density at radius 2 is 2.09 bits per heavy atom. The Balaban J connectivity index is 2.01. The number of hydrogen-bond acceptors (Lipinski definition) is 2. The highest BCUT2D eigenvalue weighted by Gasteiger charge is 2.09. The van der Waals surface area contributed by atoms with Crippen LogP contribution in [0.15, 0.2) is 42.6 Å². The lowest BCUT2D eigenvalue weighted by Gasteiger charge is -2.12. The van der Waals surface area contributed by atoms with E-state index in [1.54, 1.807) is 30.3 Å². The molecule has 0 aromatic heterocycles. The Bertz CT molecular complexity index is 747. The molecule has 0 radical (unpaired) electrons. The second-order valence-corrected chi connectivity index (χ2v) is 5.20. The van der Waals surface area contributed by atoms with Crippen LogP contribution in [-0.2, 0) is 0 Å². The summed E-state index contributed by atoms with van der Waals surface area (Å²) in [6.07, 6.45) is 3.02. The molecule has 0 aliphatic heterocycles. The van der Waals surface area contributed by atoms with Crippen LogP contribution in [0.4, 0.5) is 14.9 Å². The quantitative estimate of drug-likeness (QED) is 0.859. The first-order valence-corrected chi connectivity index (χ1v) is 7.21. The fraction of sp³-hybridized carbons (Fsp3) is 0.118. The van der Waals surface area contributed by atoms with Gasteiger partial charge in [0.15, 0.2) is 0 Å². The molecule has 2 N–H and O–H groups in total. The summed E-state index contributed by atoms with van der Waals surface area (Å²) in [6, 6.07) is 8.94. The third-order valence-corrected chi connectivity index (χ3v) is 3.48. The Morgan fingerprint density at radius 1 is 1.30 bits per heavy atom. The van der Waals surface area contributed by atoms with Gasteiger partial charge in [0, 0.05) is 17.3 Å². The van der Waals surface area contributed by atoms with E-state index in [1.165, 1.54) is 25.4 Å². The third-order valence-electron chi connectivity index (χ3n) is 3.07. The Morgan fingerprint density at radius 3 is 2.78 bits per heavy atom. The van der Waals surface area contributed by atoms with Gasteiger partial charge in [-0.2, -0.15) is 0 Å². The molecule has 0 saturated heterocycles. The first-order valence-electron chi connectivity index (χ1n) is 6.83. The minimum absolute atomic E-state index is 0.335. The van der Waals surface area contributed by atoms with E-state index in [2.05, 4.69) is 10.6 Å². The summed E-state index contributed by atoms with van der Waals surface area (Å²) in [4.78, 5) is 11.9. The molecule has 0 unspecified atom stereocenters. The highest BCUT2D eigenvalue weighted by atomic mass is 35.5. The number of hydrogen-bond donors (Lipinski definition) is 2. The fourth-order valence-electron chi connectivity index (χ4n) is 1.91. The molecule has 0 heterocycles. The van der Waals surface area contributed by atoms with Gasteiger partial charge in [-0.05, 0) is 42.3 Å². The summed E-state index contributed by atoms with van der Waals surface area (Å²) in [5.41, 5.74) is 1.97. The zero-order valence-electron chi connectivity index (χ0n) is 12.7. The molecule has 2 aromatic rings. The van der Waals surface area contributed by atoms with Crippen LogP contribution >= 0.6 is 11.6 Å². The number of carbonyl (C=O) groups excluding carboxylic acids is 1. The number of anilines is 1. The van der Waals surface area contributed by atoms with Crippen molar-refractivity contribution in [3.63, 3.8) is 0 Å². The largest absolute Gasteiger partial charge is 0.495 e. The highest BCUT2D eigenvalue weighted by Crippen LogP contribution is 2.30. The number of ether oxygens (including phenoxy) is 1. The first-order chi connectivity index (χ1) is 11.0. The van der Waals surface area contributed by atoms with Crippen LogP contribution in [0.3, 0.4) is 0 Å². The summed E-state index contributed by atoms with van der Waals surface area (Å²) < 4.78 is 18.2. The number of nitrogens with one attached hydrogen (secondary N) is 2. The van der Waals surface area contributed by atoms with E-state index in [-0.39, 0.29) is 5.82 Å². The van der Waals surface area contributed by atoms with Crippen molar-refractivity contribution in [1.29, 1.82) is 0 Å². The second kappa shape index (κ2) is 7.65. The number of methoxy groups -OCH3 is 1. The normalized spacial score (nSPS) is 10.6. The Kier molecular flexibility index (Phi) is 5.60. The Labute approximate surface area is 138 Å². The zero-order chi connectivity index (χ0) is 16.8. The van der Waals surface area contributed by atoms with Crippen molar-refractivity contribution in [2.24, 2.45) is 0 Å². The molecule has 0 bridgehead atoms. The molecule has 2 aromatic carbocycles. The summed E-state index contributed by atoms with van der Waals surface area (Å²) in [5, 5.41) is 5.77. The minimum Gasteiger partial charge on any atom is -0.495 e. The fourth-order valence-corrected chi connectivity index (χ4v) is 2.07. The van der Waals surface area contributed by atoms with Gasteiger partial charge >= 0.3 is 6.03 Å². The predicted molar refractivity (Wildman–Crippen MR) is 90.3 cm³/mol. The number of carbonyl (C=O) groups is 1. The number of benzene rings is 2. The average molecular weight is 335 g/mol. The van der Waals surface area contributed by atoms with Gasteiger partial charge < -0.3 is 15.4 Å². The van der Waals surface area contributed by atoms with Gasteiger partial charge in [0.25, 0.3) is 0 Å².